The van der Waals surface area contributed by atoms with Crippen molar-refractivity contribution in [2.45, 2.75) is 57.3 Å². The van der Waals surface area contributed by atoms with Gasteiger partial charge in [0.1, 0.15) is 12.2 Å². The Morgan fingerprint density at radius 3 is 2.41 bits per heavy atom. The van der Waals surface area contributed by atoms with Crippen molar-refractivity contribution in [2.24, 2.45) is 0 Å². The molecule has 144 valence electrons. The Labute approximate surface area is 159 Å². The van der Waals surface area contributed by atoms with Crippen LogP contribution in [0.25, 0.3) is 0 Å². The lowest BCUT2D eigenvalue weighted by Crippen LogP contribution is -2.41. The highest BCUT2D eigenvalue weighted by molar-refractivity contribution is 5.97. The van der Waals surface area contributed by atoms with Crippen LogP contribution < -0.4 is 5.32 Å². The number of aryl methyl sites for hydroxylation is 1. The van der Waals surface area contributed by atoms with Crippen molar-refractivity contribution in [1.29, 1.82) is 0 Å². The zero-order chi connectivity index (χ0) is 19.3. The molecular formula is C22H27NO4. The summed E-state index contributed by atoms with van der Waals surface area (Å²) in [5.41, 5.74) is 2.22. The van der Waals surface area contributed by atoms with Gasteiger partial charge in [-0.3, -0.25) is 9.59 Å². The zero-order valence-electron chi connectivity index (χ0n) is 15.8. The van der Waals surface area contributed by atoms with E-state index < -0.39 is 5.97 Å². The molecule has 1 aliphatic carbocycles. The number of hydrogen-bond donors (Lipinski definition) is 2. The Morgan fingerprint density at radius 1 is 1.11 bits per heavy atom. The highest BCUT2D eigenvalue weighted by Crippen LogP contribution is 2.38. The van der Waals surface area contributed by atoms with E-state index in [9.17, 15) is 9.59 Å². The molecule has 1 aliphatic rings. The van der Waals surface area contributed by atoms with Crippen molar-refractivity contribution in [1.82, 2.24) is 5.32 Å². The average Bonchev–Trinajstić information content (AvgIpc) is 2.87. The summed E-state index contributed by atoms with van der Waals surface area (Å²) in [7, 11) is 0. The smallest absolute Gasteiger partial charge is 0.311 e. The molecule has 0 radical (unpaired) electrons. The minimum absolute atomic E-state index is 0.0714. The Hall–Kier alpha value is -2.56. The number of aliphatic carboxylic acids is 1. The summed E-state index contributed by atoms with van der Waals surface area (Å²) < 4.78 is 5.31. The summed E-state index contributed by atoms with van der Waals surface area (Å²) in [5.74, 6) is -1.05. The SMILES string of the molecule is Cc1coc(CC(=O)O)c1C(=O)NCC1(c2ccccc2)CCCCCC1. The van der Waals surface area contributed by atoms with Crippen LogP contribution in [0.2, 0.25) is 0 Å². The molecule has 5 nitrogen and oxygen atoms in total. The molecule has 0 saturated heterocycles. The molecule has 3 rings (SSSR count). The second-order valence-electron chi connectivity index (χ2n) is 7.53. The molecule has 0 unspecified atom stereocenters. The molecule has 0 aliphatic heterocycles. The van der Waals surface area contributed by atoms with Crippen molar-refractivity contribution < 1.29 is 19.1 Å². The van der Waals surface area contributed by atoms with Crippen LogP contribution in [0.1, 0.15) is 65.8 Å². The molecule has 1 amide bonds. The molecule has 2 N–H and O–H groups in total. The summed E-state index contributed by atoms with van der Waals surface area (Å²) in [6.45, 7) is 2.31. The Kier molecular flexibility index (Phi) is 5.99. The molecule has 0 atom stereocenters. The largest absolute Gasteiger partial charge is 0.481 e. The third-order valence-electron chi connectivity index (χ3n) is 5.62. The van der Waals surface area contributed by atoms with Gasteiger partial charge in [0.25, 0.3) is 5.91 Å². The third-order valence-corrected chi connectivity index (χ3v) is 5.62. The molecule has 0 bridgehead atoms. The topological polar surface area (TPSA) is 79.5 Å². The van der Waals surface area contributed by atoms with Crippen LogP contribution >= 0.6 is 0 Å². The summed E-state index contributed by atoms with van der Waals surface area (Å²) in [6, 6.07) is 10.4. The Morgan fingerprint density at radius 2 is 1.78 bits per heavy atom. The minimum atomic E-state index is -1.01. The lowest BCUT2D eigenvalue weighted by atomic mass is 9.74. The molecule has 1 fully saturated rings. The lowest BCUT2D eigenvalue weighted by Gasteiger charge is -2.34. The number of benzene rings is 1. The quantitative estimate of drug-likeness (QED) is 0.747. The van der Waals surface area contributed by atoms with Crippen molar-refractivity contribution in [3.8, 4) is 0 Å². The van der Waals surface area contributed by atoms with E-state index in [4.69, 9.17) is 9.52 Å². The number of hydrogen-bond acceptors (Lipinski definition) is 3. The number of carboxylic acids is 1. The van der Waals surface area contributed by atoms with Crippen LogP contribution in [0.5, 0.6) is 0 Å². The van der Waals surface area contributed by atoms with E-state index in [0.29, 0.717) is 17.7 Å². The monoisotopic (exact) mass is 369 g/mol. The van der Waals surface area contributed by atoms with Crippen LogP contribution in [-0.2, 0) is 16.6 Å². The first-order chi connectivity index (χ1) is 13.0. The van der Waals surface area contributed by atoms with Gasteiger partial charge >= 0.3 is 5.97 Å². The van der Waals surface area contributed by atoms with E-state index >= 15 is 0 Å². The molecule has 0 spiro atoms. The fourth-order valence-electron chi connectivity index (χ4n) is 4.17. The van der Waals surface area contributed by atoms with Gasteiger partial charge in [-0.25, -0.2) is 0 Å². The summed E-state index contributed by atoms with van der Waals surface area (Å²) in [4.78, 5) is 23.9. The van der Waals surface area contributed by atoms with Gasteiger partial charge in [-0.2, -0.15) is 0 Å². The van der Waals surface area contributed by atoms with Gasteiger partial charge in [0, 0.05) is 17.5 Å². The van der Waals surface area contributed by atoms with Crippen LogP contribution in [0, 0.1) is 6.92 Å². The van der Waals surface area contributed by atoms with Gasteiger partial charge in [-0.05, 0) is 25.3 Å². The van der Waals surface area contributed by atoms with Crippen molar-refractivity contribution in [3.63, 3.8) is 0 Å². The standard InChI is InChI=1S/C22H27NO4/c1-16-14-27-18(13-19(24)25)20(16)21(26)23-15-22(11-7-2-3-8-12-22)17-9-5-4-6-10-17/h4-6,9-10,14H,2-3,7-8,11-13,15H2,1H3,(H,23,26)(H,24,25). The van der Waals surface area contributed by atoms with Crippen LogP contribution in [0.4, 0.5) is 0 Å². The second-order valence-corrected chi connectivity index (χ2v) is 7.53. The number of amides is 1. The summed E-state index contributed by atoms with van der Waals surface area (Å²) in [5, 5.41) is 12.1. The maximum atomic E-state index is 12.9. The van der Waals surface area contributed by atoms with Gasteiger partial charge < -0.3 is 14.8 Å². The van der Waals surface area contributed by atoms with Gasteiger partial charge in [-0.15, -0.1) is 0 Å². The predicted octanol–water partition coefficient (Wildman–Crippen LogP) is 4.24. The fourth-order valence-corrected chi connectivity index (χ4v) is 4.17. The van der Waals surface area contributed by atoms with Gasteiger partial charge in [0.2, 0.25) is 0 Å². The number of carboxylic acid groups (broad SMARTS) is 1. The highest BCUT2D eigenvalue weighted by Gasteiger charge is 2.33. The first kappa shape index (κ1) is 19.2. The molecule has 2 aromatic rings. The summed E-state index contributed by atoms with van der Waals surface area (Å²) in [6.07, 6.45) is 8.01. The number of furan rings is 1. The number of rotatable bonds is 6. The molecule has 1 aromatic carbocycles. The van der Waals surface area contributed by atoms with E-state index in [1.54, 1.807) is 6.92 Å². The van der Waals surface area contributed by atoms with Gasteiger partial charge in [0.05, 0.1) is 11.8 Å². The fraction of sp³-hybridized carbons (Fsp3) is 0.455. The molecule has 1 aromatic heterocycles. The molecular weight excluding hydrogens is 342 g/mol. The van der Waals surface area contributed by atoms with E-state index in [1.165, 1.54) is 24.7 Å². The number of nitrogens with one attached hydrogen (secondary N) is 1. The normalized spacial score (nSPS) is 16.5. The van der Waals surface area contributed by atoms with Crippen LogP contribution in [0.15, 0.2) is 41.0 Å². The lowest BCUT2D eigenvalue weighted by molar-refractivity contribution is -0.136. The van der Waals surface area contributed by atoms with E-state index in [1.807, 2.05) is 6.07 Å². The van der Waals surface area contributed by atoms with Gasteiger partial charge in [0.15, 0.2) is 0 Å². The van der Waals surface area contributed by atoms with Crippen molar-refractivity contribution in [2.75, 3.05) is 6.54 Å². The second kappa shape index (κ2) is 8.42. The molecule has 1 saturated carbocycles. The maximum absolute atomic E-state index is 12.9. The summed E-state index contributed by atoms with van der Waals surface area (Å²) >= 11 is 0. The maximum Gasteiger partial charge on any atom is 0.311 e. The third kappa shape index (κ3) is 4.41. The molecule has 27 heavy (non-hydrogen) atoms. The first-order valence-electron chi connectivity index (χ1n) is 9.64. The van der Waals surface area contributed by atoms with Gasteiger partial charge in [-0.1, -0.05) is 56.0 Å². The first-order valence-corrected chi connectivity index (χ1v) is 9.64. The van der Waals surface area contributed by atoms with Crippen molar-refractivity contribution in [3.05, 3.63) is 59.0 Å². The average molecular weight is 369 g/mol. The Balaban J connectivity index is 1.81. The number of carbonyl (C=O) groups is 2. The Bertz CT molecular complexity index is 786. The van der Waals surface area contributed by atoms with E-state index in [0.717, 1.165) is 25.7 Å². The van der Waals surface area contributed by atoms with E-state index in [2.05, 4.69) is 29.6 Å². The van der Waals surface area contributed by atoms with E-state index in [-0.39, 0.29) is 23.5 Å². The molecule has 1 heterocycles. The van der Waals surface area contributed by atoms with Crippen molar-refractivity contribution >= 4 is 11.9 Å². The van der Waals surface area contributed by atoms with Crippen LogP contribution in [0.3, 0.4) is 0 Å². The minimum Gasteiger partial charge on any atom is -0.481 e. The predicted molar refractivity (Wildman–Crippen MR) is 103 cm³/mol. The zero-order valence-corrected chi connectivity index (χ0v) is 15.8. The molecule has 5 heteroatoms. The number of carbonyl (C=O) groups excluding carboxylic acids is 1. The highest BCUT2D eigenvalue weighted by atomic mass is 16.4. The van der Waals surface area contributed by atoms with Crippen LogP contribution in [-0.4, -0.2) is 23.5 Å².